The van der Waals surface area contributed by atoms with Gasteiger partial charge in [-0.05, 0) is 32.1 Å². The Balaban J connectivity index is 0.00000161. The average Bonchev–Trinajstić information content (AvgIpc) is 3.02. The molecule has 1 aromatic heterocycles. The zero-order valence-electron chi connectivity index (χ0n) is 12.2. The number of halogens is 1. The van der Waals surface area contributed by atoms with E-state index < -0.39 is 0 Å². The van der Waals surface area contributed by atoms with E-state index in [-0.39, 0.29) is 24.4 Å². The predicted octanol–water partition coefficient (Wildman–Crippen LogP) is 1.64. The second-order valence-electron chi connectivity index (χ2n) is 5.79. The van der Waals surface area contributed by atoms with Gasteiger partial charge in [-0.25, -0.2) is 0 Å². The molecular weight excluding hydrogens is 292 g/mol. The molecule has 118 valence electrons. The molecule has 1 saturated carbocycles. The van der Waals surface area contributed by atoms with Gasteiger partial charge in [0.15, 0.2) is 5.82 Å². The average molecular weight is 315 g/mol. The second-order valence-corrected chi connectivity index (χ2v) is 5.79. The van der Waals surface area contributed by atoms with Gasteiger partial charge in [0.1, 0.15) is 0 Å². The van der Waals surface area contributed by atoms with Gasteiger partial charge in [0.05, 0.1) is 0 Å². The molecule has 0 spiro atoms. The number of aromatic nitrogens is 2. The lowest BCUT2D eigenvalue weighted by Crippen LogP contribution is -2.39. The quantitative estimate of drug-likeness (QED) is 0.862. The molecule has 21 heavy (non-hydrogen) atoms. The molecule has 2 N–H and O–H groups in total. The molecule has 0 bridgehead atoms. The first kappa shape index (κ1) is 16.2. The van der Waals surface area contributed by atoms with Crippen LogP contribution in [0.4, 0.5) is 0 Å². The van der Waals surface area contributed by atoms with Crippen LogP contribution in [0.25, 0.3) is 0 Å². The summed E-state index contributed by atoms with van der Waals surface area (Å²) in [6.07, 6.45) is 6.45. The second kappa shape index (κ2) is 7.22. The highest BCUT2D eigenvalue weighted by molar-refractivity contribution is 5.85. The smallest absolute Gasteiger partial charge is 0.226 e. The Morgan fingerprint density at radius 1 is 1.38 bits per heavy atom. The highest BCUT2D eigenvalue weighted by Crippen LogP contribution is 2.38. The van der Waals surface area contributed by atoms with Gasteiger partial charge in [0.2, 0.25) is 11.8 Å². The summed E-state index contributed by atoms with van der Waals surface area (Å²) in [5, 5.41) is 3.98. The lowest BCUT2D eigenvalue weighted by Gasteiger charge is -2.23. The Kier molecular flexibility index (Phi) is 5.58. The molecule has 0 radical (unpaired) electrons. The number of hydrogen-bond acceptors (Lipinski definition) is 5. The maximum Gasteiger partial charge on any atom is 0.226 e. The first-order valence-electron chi connectivity index (χ1n) is 7.60. The summed E-state index contributed by atoms with van der Waals surface area (Å²) in [7, 11) is 0. The summed E-state index contributed by atoms with van der Waals surface area (Å²) in [6, 6.07) is 0.243. The molecule has 2 heterocycles. The largest absolute Gasteiger partial charge is 0.339 e. The van der Waals surface area contributed by atoms with Crippen molar-refractivity contribution in [1.82, 2.24) is 15.0 Å². The summed E-state index contributed by atoms with van der Waals surface area (Å²) in [6.45, 7) is 1.42. The third-order valence-electron chi connectivity index (χ3n) is 4.18. The number of likely N-dealkylation sites (tertiary alicyclic amines) is 1. The molecular formula is C14H23ClN4O2. The van der Waals surface area contributed by atoms with E-state index in [0.717, 1.165) is 31.6 Å². The molecule has 2 fully saturated rings. The number of amides is 1. The van der Waals surface area contributed by atoms with Crippen molar-refractivity contribution in [3.05, 3.63) is 11.7 Å². The van der Waals surface area contributed by atoms with Crippen LogP contribution in [0.15, 0.2) is 4.52 Å². The normalized spacial score (nSPS) is 21.4. The monoisotopic (exact) mass is 314 g/mol. The van der Waals surface area contributed by atoms with Crippen LogP contribution < -0.4 is 5.73 Å². The van der Waals surface area contributed by atoms with Crippen LogP contribution >= 0.6 is 12.4 Å². The van der Waals surface area contributed by atoms with E-state index in [2.05, 4.69) is 10.1 Å². The standard InChI is InChI=1S/C14H22N4O2.ClH/c15-9-11-3-2-8-18(11)13(19)5-1-4-12-16-14(17-20-12)10-6-7-10;/h10-11H,1-9,15H2;1H. The number of carbonyl (C=O) groups excluding carboxylic acids is 1. The van der Waals surface area contributed by atoms with Crippen molar-refractivity contribution in [1.29, 1.82) is 0 Å². The van der Waals surface area contributed by atoms with Crippen LogP contribution in [0.3, 0.4) is 0 Å². The van der Waals surface area contributed by atoms with Crippen molar-refractivity contribution < 1.29 is 9.32 Å². The van der Waals surface area contributed by atoms with E-state index in [0.29, 0.717) is 31.2 Å². The van der Waals surface area contributed by atoms with Crippen LogP contribution in [0.5, 0.6) is 0 Å². The number of nitrogens with zero attached hydrogens (tertiary/aromatic N) is 3. The van der Waals surface area contributed by atoms with Crippen LogP contribution in [-0.4, -0.2) is 40.1 Å². The van der Waals surface area contributed by atoms with Crippen molar-refractivity contribution in [2.24, 2.45) is 5.73 Å². The highest BCUT2D eigenvalue weighted by atomic mass is 35.5. The van der Waals surface area contributed by atoms with Gasteiger partial charge in [-0.1, -0.05) is 5.16 Å². The van der Waals surface area contributed by atoms with Crippen LogP contribution in [0.2, 0.25) is 0 Å². The molecule has 3 rings (SSSR count). The number of carbonyl (C=O) groups is 1. The maximum absolute atomic E-state index is 12.1. The topological polar surface area (TPSA) is 85.2 Å². The molecule has 1 aliphatic heterocycles. The van der Waals surface area contributed by atoms with Gasteiger partial charge in [-0.15, -0.1) is 12.4 Å². The fraction of sp³-hybridized carbons (Fsp3) is 0.786. The third-order valence-corrected chi connectivity index (χ3v) is 4.18. The summed E-state index contributed by atoms with van der Waals surface area (Å²) >= 11 is 0. The summed E-state index contributed by atoms with van der Waals surface area (Å²) in [4.78, 5) is 18.4. The lowest BCUT2D eigenvalue weighted by molar-refractivity contribution is -0.131. The van der Waals surface area contributed by atoms with Gasteiger partial charge in [-0.3, -0.25) is 4.79 Å². The minimum absolute atomic E-state index is 0. The minimum Gasteiger partial charge on any atom is -0.339 e. The van der Waals surface area contributed by atoms with Crippen molar-refractivity contribution in [2.45, 2.75) is 56.9 Å². The Morgan fingerprint density at radius 2 is 2.19 bits per heavy atom. The molecule has 1 unspecified atom stereocenters. The molecule has 1 amide bonds. The molecule has 1 aliphatic carbocycles. The van der Waals surface area contributed by atoms with Crippen molar-refractivity contribution in [2.75, 3.05) is 13.1 Å². The summed E-state index contributed by atoms with van der Waals surface area (Å²) in [5.74, 6) is 2.23. The fourth-order valence-electron chi connectivity index (χ4n) is 2.82. The zero-order chi connectivity index (χ0) is 13.9. The van der Waals surface area contributed by atoms with Gasteiger partial charge < -0.3 is 15.2 Å². The van der Waals surface area contributed by atoms with Crippen molar-refractivity contribution in [3.63, 3.8) is 0 Å². The number of hydrogen-bond donors (Lipinski definition) is 1. The van der Waals surface area contributed by atoms with E-state index in [1.165, 1.54) is 12.8 Å². The van der Waals surface area contributed by atoms with Crippen molar-refractivity contribution in [3.8, 4) is 0 Å². The molecule has 7 heteroatoms. The Morgan fingerprint density at radius 3 is 2.90 bits per heavy atom. The first-order valence-corrected chi connectivity index (χ1v) is 7.60. The van der Waals surface area contributed by atoms with Crippen LogP contribution in [0, 0.1) is 0 Å². The fourth-order valence-corrected chi connectivity index (χ4v) is 2.82. The van der Waals surface area contributed by atoms with E-state index in [4.69, 9.17) is 10.3 Å². The Hall–Kier alpha value is -1.14. The Bertz CT molecular complexity index is 475. The van der Waals surface area contributed by atoms with E-state index >= 15 is 0 Å². The molecule has 2 aliphatic rings. The zero-order valence-corrected chi connectivity index (χ0v) is 13.0. The number of aryl methyl sites for hydroxylation is 1. The van der Waals surface area contributed by atoms with E-state index in [1.54, 1.807) is 0 Å². The van der Waals surface area contributed by atoms with Crippen LogP contribution in [-0.2, 0) is 11.2 Å². The van der Waals surface area contributed by atoms with Gasteiger partial charge in [0, 0.05) is 37.9 Å². The lowest BCUT2D eigenvalue weighted by atomic mass is 10.2. The minimum atomic E-state index is 0. The van der Waals surface area contributed by atoms with Crippen molar-refractivity contribution >= 4 is 18.3 Å². The summed E-state index contributed by atoms with van der Waals surface area (Å²) < 4.78 is 5.21. The molecule has 6 nitrogen and oxygen atoms in total. The van der Waals surface area contributed by atoms with Gasteiger partial charge in [0.25, 0.3) is 0 Å². The molecule has 0 aromatic carbocycles. The molecule has 1 atom stereocenters. The van der Waals surface area contributed by atoms with E-state index in [9.17, 15) is 4.79 Å². The Labute approximate surface area is 130 Å². The van der Waals surface area contributed by atoms with Gasteiger partial charge >= 0.3 is 0 Å². The third kappa shape index (κ3) is 3.95. The maximum atomic E-state index is 12.1. The first-order chi connectivity index (χ1) is 9.78. The highest BCUT2D eigenvalue weighted by Gasteiger charge is 2.29. The SMILES string of the molecule is Cl.NCC1CCCN1C(=O)CCCc1nc(C2CC2)no1. The van der Waals surface area contributed by atoms with E-state index in [1.807, 2.05) is 4.90 Å². The number of rotatable bonds is 6. The van der Waals surface area contributed by atoms with Crippen LogP contribution in [0.1, 0.15) is 56.2 Å². The predicted molar refractivity (Wildman–Crippen MR) is 80.2 cm³/mol. The summed E-state index contributed by atoms with van der Waals surface area (Å²) in [5.41, 5.74) is 5.69. The number of nitrogens with two attached hydrogens (primary N) is 1. The molecule has 1 aromatic rings. The molecule has 1 saturated heterocycles. The van der Waals surface area contributed by atoms with Gasteiger partial charge in [-0.2, -0.15) is 4.98 Å².